The number of alkyl carbamates (subject to hydrolysis) is 3. The third kappa shape index (κ3) is 26.2. The van der Waals surface area contributed by atoms with Crippen molar-refractivity contribution in [2.45, 2.75) is 219 Å². The lowest BCUT2D eigenvalue weighted by molar-refractivity contribution is -0.142. The molecule has 8 fully saturated rings. The first-order valence-electron chi connectivity index (χ1n) is 39.1. The Labute approximate surface area is 686 Å². The van der Waals surface area contributed by atoms with Gasteiger partial charge in [0, 0.05) is 92.4 Å². The van der Waals surface area contributed by atoms with E-state index in [2.05, 4.69) is 25.7 Å². The number of Topliss-reactive ketones (excluding diaryl/α,β-unsaturated/α-hetero) is 2. The van der Waals surface area contributed by atoms with Crippen LogP contribution in [0.5, 0.6) is 0 Å². The maximum Gasteiger partial charge on any atom is 0.407 e. The van der Waals surface area contributed by atoms with Crippen LogP contribution in [0.2, 0.25) is 0 Å². The lowest BCUT2D eigenvalue weighted by atomic mass is 10.0. The fourth-order valence-electron chi connectivity index (χ4n) is 13.4. The number of amides is 3. The number of esters is 3. The number of nitrogens with one attached hydrogen (secondary N) is 3. The molecule has 7 N–H and O–H groups in total. The molecular weight excluding hydrogens is 1600 g/mol. The van der Waals surface area contributed by atoms with E-state index in [1.54, 1.807) is 117 Å². The summed E-state index contributed by atoms with van der Waals surface area (Å²) in [6, 6.07) is 9.65. The molecule has 36 heteroatoms. The molecule has 0 unspecified atom stereocenters. The molecule has 5 saturated carbocycles. The van der Waals surface area contributed by atoms with E-state index in [4.69, 9.17) is 38.7 Å². The van der Waals surface area contributed by atoms with Crippen molar-refractivity contribution in [3.8, 4) is 0 Å². The maximum absolute atomic E-state index is 15.3. The van der Waals surface area contributed by atoms with Crippen LogP contribution < -0.4 is 36.4 Å². The predicted octanol–water partition coefficient (Wildman–Crippen LogP) is 13.5. The van der Waals surface area contributed by atoms with Gasteiger partial charge < -0.3 is 74.6 Å². The van der Waals surface area contributed by atoms with E-state index in [1.807, 2.05) is 6.92 Å². The summed E-state index contributed by atoms with van der Waals surface area (Å²) in [5.41, 5.74) is 0.616. The zero-order chi connectivity index (χ0) is 88.4. The molecule has 8 aliphatic rings. The number of alkyl halides is 2. The normalized spacial score (nSPS) is 21.4. The third-order valence-corrected chi connectivity index (χ3v) is 21.1. The van der Waals surface area contributed by atoms with Crippen LogP contribution in [0.1, 0.15) is 180 Å². The second-order valence-electron chi connectivity index (χ2n) is 33.4. The lowest BCUT2D eigenvalue weighted by Crippen LogP contribution is -2.44. The van der Waals surface area contributed by atoms with Crippen molar-refractivity contribution >= 4 is 86.9 Å². The molecule has 12 rings (SSSR count). The zero-order valence-corrected chi connectivity index (χ0v) is 69.9. The molecule has 119 heavy (non-hydrogen) atoms. The van der Waals surface area contributed by atoms with Gasteiger partial charge in [-0.05, 0) is 172 Å². The van der Waals surface area contributed by atoms with Gasteiger partial charge >= 0.3 is 36.2 Å². The van der Waals surface area contributed by atoms with Crippen molar-refractivity contribution in [1.82, 2.24) is 16.0 Å². The Morgan fingerprint density at radius 2 is 0.908 bits per heavy atom. The Kier molecular flexibility index (Phi) is 30.6. The first-order chi connectivity index (χ1) is 55.5. The number of ketones is 2. The minimum atomic E-state index is -4.02. The minimum absolute atomic E-state index is 0.000562. The van der Waals surface area contributed by atoms with Crippen molar-refractivity contribution in [3.05, 3.63) is 135 Å². The highest BCUT2D eigenvalue weighted by Gasteiger charge is 2.59. The molecule has 0 radical (unpaired) electrons. The van der Waals surface area contributed by atoms with Crippen LogP contribution >= 0.6 is 0 Å². The number of anilines is 3. The summed E-state index contributed by atoms with van der Waals surface area (Å²) >= 11 is 0. The molecule has 4 aromatic carbocycles. The molecule has 4 aromatic rings. The number of carbonyl (C=O) groups excluding carboxylic acids is 8. The van der Waals surface area contributed by atoms with Crippen molar-refractivity contribution in [2.24, 2.45) is 27.0 Å². The van der Waals surface area contributed by atoms with Gasteiger partial charge in [0.1, 0.15) is 93.6 Å². The molecule has 3 aliphatic heterocycles. The Morgan fingerprint density at radius 1 is 0.546 bits per heavy atom. The highest BCUT2D eigenvalue weighted by molar-refractivity contribution is 7.85. The monoisotopic (exact) mass is 1700 g/mol. The number of hydrogen-bond donors (Lipinski definition) is 6. The van der Waals surface area contributed by atoms with Crippen molar-refractivity contribution in [1.29, 1.82) is 0 Å². The van der Waals surface area contributed by atoms with Crippen LogP contribution in [-0.4, -0.2) is 197 Å². The largest absolute Gasteiger partial charge is 0.506 e. The summed E-state index contributed by atoms with van der Waals surface area (Å²) in [4.78, 5) is 107. The number of nitrogens with two attached hydrogens (primary N) is 1. The quantitative estimate of drug-likeness (QED) is 0.00407. The first kappa shape index (κ1) is 94.4. The SMILES string of the molecule is CCO/C=C(\C(=O)OCC)C(=O)c1cc(F)c(N2C[C@@H](NC(=O)OC(C)(C)C)C3(CC3)C2)cc1F.CCOC(=O)C(C=N[C@@H]1C[C@@H]1F)=C(O)c1cc(F)c(N2C[C@@H](NC(=O)OC(C)(C)C)C3(CC3)C2)cc1F.CCOC(=O)CC(=O)c1cc(F)c(N2C[C@@H](NC(=O)OC(C)(C)C)C3(CC3)C2)cc1F.Cc1ccc(S(=O)(=O)O)cc1.N[C@@H]1C[C@@H]1F. The highest BCUT2D eigenvalue weighted by atomic mass is 32.2. The maximum atomic E-state index is 15.3. The van der Waals surface area contributed by atoms with Gasteiger partial charge in [-0.25, -0.2) is 59.1 Å². The number of aliphatic hydroxyl groups excluding tert-OH is 1. The Morgan fingerprint density at radius 3 is 1.25 bits per heavy atom. The standard InChI is InChI=1S/C26H32F3N3O5.C25H32F2N2O6.C22H28F2N2O5.C7H8O3S.C3H6FN/c1-5-36-23(34)15(11-30-19-9-17(19)28)22(33)14-8-18(29)20(10-16(14)27)32-12-21(26(13-32)6-7-26)31-24(35)37-25(2,3)4;1-6-33-13-16(22(31)34-7-2)21(30)15-10-18(27)19(11-17(15)26)29-12-20(25(14-29)8-9-25)28-23(32)35-24(3,4)5;1-5-30-19(28)10-17(27)13-8-15(24)16(9-14(13)23)26-11-18(22(12-26)6-7-22)25-20(29)31-21(2,3)4;1-6-2-4-7(5-3-6)11(8,9)10;4-2-1-3(2)5/h8,10-11,17,19,21,33H,5-7,9,12-13H2,1-4H3,(H,31,35);10-11,13,20H,6-9,12,14H2,1-5H3,(H,28,32);8-9,18H,5-7,10-12H2,1-4H3,(H,25,29);2-5H,1H3,(H,8,9,10);2-3H,1,5H2/b;16-13-;;;/t17-,19+,21+;20-;18-;;2-,3+/m011.0/s1. The van der Waals surface area contributed by atoms with Gasteiger partial charge in [-0.2, -0.15) is 8.42 Å². The lowest BCUT2D eigenvalue weighted by Gasteiger charge is -2.24. The Balaban J connectivity index is 0.000000203. The van der Waals surface area contributed by atoms with Crippen LogP contribution in [0.15, 0.2) is 88.0 Å². The van der Waals surface area contributed by atoms with Crippen LogP contribution in [0.4, 0.5) is 66.6 Å². The van der Waals surface area contributed by atoms with Gasteiger partial charge in [-0.1, -0.05) is 17.7 Å². The average molecular weight is 1700 g/mol. The predicted molar refractivity (Wildman–Crippen MR) is 423 cm³/mol. The van der Waals surface area contributed by atoms with Gasteiger partial charge in [0.25, 0.3) is 10.1 Å². The van der Waals surface area contributed by atoms with Crippen LogP contribution in [0.3, 0.4) is 0 Å². The fourth-order valence-corrected chi connectivity index (χ4v) is 13.9. The summed E-state index contributed by atoms with van der Waals surface area (Å²) in [5, 5.41) is 19.3. The molecule has 0 bridgehead atoms. The summed E-state index contributed by atoms with van der Waals surface area (Å²) in [6.45, 7) is 26.4. The summed E-state index contributed by atoms with van der Waals surface area (Å²) in [7, 11) is -4.02. The average Bonchev–Trinajstić information content (AvgIpc) is 1.59. The van der Waals surface area contributed by atoms with Crippen LogP contribution in [0.25, 0.3) is 5.76 Å². The van der Waals surface area contributed by atoms with E-state index >= 15 is 17.6 Å². The van der Waals surface area contributed by atoms with Crippen molar-refractivity contribution in [2.75, 3.05) is 80.4 Å². The molecule has 3 amide bonds. The number of benzene rings is 4. The van der Waals surface area contributed by atoms with E-state index in [9.17, 15) is 69.4 Å². The number of hydrogen-bond acceptors (Lipinski definition) is 23. The second-order valence-corrected chi connectivity index (χ2v) is 34.8. The molecule has 5 aliphatic carbocycles. The Bertz CT molecular complexity index is 4630. The zero-order valence-electron chi connectivity index (χ0n) is 69.0. The van der Waals surface area contributed by atoms with Crippen LogP contribution in [-0.2, 0) is 57.7 Å². The number of halogens is 8. The fraction of sp³-hybridized carbons (Fsp3) is 0.554. The van der Waals surface area contributed by atoms with E-state index in [0.29, 0.717) is 32.6 Å². The van der Waals surface area contributed by atoms with Gasteiger partial charge in [-0.15, -0.1) is 0 Å². The van der Waals surface area contributed by atoms with Gasteiger partial charge in [0.15, 0.2) is 5.78 Å². The first-order valence-corrected chi connectivity index (χ1v) is 40.6. The molecule has 3 saturated heterocycles. The number of nitrogens with zero attached hydrogens (tertiary/aromatic N) is 4. The summed E-state index contributed by atoms with van der Waals surface area (Å²) in [5.74, 6) is -10.7. The van der Waals surface area contributed by atoms with Crippen LogP contribution in [0, 0.1) is 58.1 Å². The number of aliphatic imine (C=N–C) groups is 1. The second kappa shape index (κ2) is 38.5. The topological polar surface area (TPSA) is 360 Å². The molecule has 654 valence electrons. The number of aliphatic hydroxyl groups is 1. The van der Waals surface area contributed by atoms with Crippen molar-refractivity contribution < 1.29 is 125 Å². The van der Waals surface area contributed by atoms with Gasteiger partial charge in [-0.3, -0.25) is 23.9 Å². The van der Waals surface area contributed by atoms with E-state index in [0.717, 1.165) is 93.0 Å². The van der Waals surface area contributed by atoms with Crippen molar-refractivity contribution in [3.63, 3.8) is 0 Å². The smallest absolute Gasteiger partial charge is 0.407 e. The third-order valence-electron chi connectivity index (χ3n) is 20.2. The van der Waals surface area contributed by atoms with E-state index < -0.39 is 168 Å². The number of rotatable bonds is 22. The molecule has 27 nitrogen and oxygen atoms in total. The molecule has 3 spiro atoms. The molecule has 7 atom stereocenters. The number of carbonyl (C=O) groups is 8. The molecular formula is C83H106F8N8O19S. The minimum Gasteiger partial charge on any atom is -0.506 e. The van der Waals surface area contributed by atoms with E-state index in [1.165, 1.54) is 12.1 Å². The summed E-state index contributed by atoms with van der Waals surface area (Å²) < 4.78 is 180. The number of ether oxygens (including phenoxy) is 7. The molecule has 3 heterocycles. The Hall–Kier alpha value is -10.1. The molecule has 0 aromatic heterocycles. The highest BCUT2D eigenvalue weighted by Crippen LogP contribution is 2.56. The summed E-state index contributed by atoms with van der Waals surface area (Å²) in [6.07, 6.45) is 3.55. The van der Waals surface area contributed by atoms with Gasteiger partial charge in [0.05, 0.1) is 89.2 Å². The van der Waals surface area contributed by atoms with E-state index in [-0.39, 0.29) is 108 Å². The number of aryl methyl sites for hydroxylation is 1. The van der Waals surface area contributed by atoms with Gasteiger partial charge in [0.2, 0.25) is 5.78 Å².